The number of hydrogen-bond donors (Lipinski definition) is 2. The normalized spacial score (nSPS) is 18.6. The number of alkyl halides is 5. The molecule has 11 heteroatoms. The molecule has 3 aromatic rings. The molecule has 0 bridgehead atoms. The van der Waals surface area contributed by atoms with E-state index in [1.807, 2.05) is 0 Å². The van der Waals surface area contributed by atoms with Crippen molar-refractivity contribution >= 4 is 58.0 Å². The van der Waals surface area contributed by atoms with Crippen molar-refractivity contribution in [3.8, 4) is 0 Å². The maximum absolute atomic E-state index is 13.1. The van der Waals surface area contributed by atoms with E-state index >= 15 is 0 Å². The maximum Gasteiger partial charge on any atom is 0.416 e. The molecular weight excluding hydrogens is 531 g/mol. The van der Waals surface area contributed by atoms with Gasteiger partial charge >= 0.3 is 6.18 Å². The Bertz CT molecular complexity index is 1300. The third-order valence-electron chi connectivity index (χ3n) is 5.49. The standard InChI is InChI=1S/C24H15Cl3F4N2O2/c25-18-9-8-16(11-17(18)21(34)32-15-6-4-14(28)5-7-15)33-22(35)20-19(23(20,26)27)12-2-1-3-13(10-12)24(29,30)31/h1-11,19-20H,(H,32,34)(H,33,35)/t19-,20+/m1/s1. The van der Waals surface area contributed by atoms with Crippen LogP contribution in [0.15, 0.2) is 66.7 Å². The fourth-order valence-corrected chi connectivity index (χ4v) is 4.74. The number of carbonyl (C=O) groups excluding carboxylic acids is 2. The predicted molar refractivity (Wildman–Crippen MR) is 127 cm³/mol. The highest BCUT2D eigenvalue weighted by Crippen LogP contribution is 2.65. The Morgan fingerprint density at radius 1 is 0.886 bits per heavy atom. The summed E-state index contributed by atoms with van der Waals surface area (Å²) in [4.78, 5) is 25.5. The number of amides is 2. The van der Waals surface area contributed by atoms with Crippen LogP contribution in [0.3, 0.4) is 0 Å². The summed E-state index contributed by atoms with van der Waals surface area (Å²) < 4.78 is 50.7. The number of carbonyl (C=O) groups is 2. The van der Waals surface area contributed by atoms with Gasteiger partial charge in [0.1, 0.15) is 10.2 Å². The number of nitrogens with one attached hydrogen (secondary N) is 2. The summed E-state index contributed by atoms with van der Waals surface area (Å²) >= 11 is 18.6. The fraction of sp³-hybridized carbons (Fsp3) is 0.167. The van der Waals surface area contributed by atoms with Crippen molar-refractivity contribution in [1.82, 2.24) is 0 Å². The molecule has 1 fully saturated rings. The van der Waals surface area contributed by atoms with E-state index < -0.39 is 45.5 Å². The van der Waals surface area contributed by atoms with Crippen LogP contribution in [0.25, 0.3) is 0 Å². The lowest BCUT2D eigenvalue weighted by atomic mass is 10.1. The van der Waals surface area contributed by atoms with Gasteiger partial charge in [-0.3, -0.25) is 9.59 Å². The van der Waals surface area contributed by atoms with Crippen LogP contribution in [0.4, 0.5) is 28.9 Å². The average molecular weight is 546 g/mol. The van der Waals surface area contributed by atoms with Gasteiger partial charge in [0, 0.05) is 17.3 Å². The van der Waals surface area contributed by atoms with Crippen molar-refractivity contribution in [2.45, 2.75) is 16.4 Å². The molecule has 2 N–H and O–H groups in total. The molecule has 0 heterocycles. The van der Waals surface area contributed by atoms with Gasteiger partial charge in [-0.25, -0.2) is 4.39 Å². The minimum absolute atomic E-state index is 0.0297. The van der Waals surface area contributed by atoms with Crippen LogP contribution in [0, 0.1) is 11.7 Å². The van der Waals surface area contributed by atoms with Gasteiger partial charge in [-0.2, -0.15) is 13.2 Å². The number of anilines is 2. The van der Waals surface area contributed by atoms with Gasteiger partial charge in [0.15, 0.2) is 0 Å². The van der Waals surface area contributed by atoms with E-state index in [1.54, 1.807) is 0 Å². The highest BCUT2D eigenvalue weighted by Gasteiger charge is 2.67. The van der Waals surface area contributed by atoms with Gasteiger partial charge in [0.2, 0.25) is 5.91 Å². The molecule has 4 rings (SSSR count). The van der Waals surface area contributed by atoms with E-state index in [0.29, 0.717) is 5.69 Å². The van der Waals surface area contributed by atoms with Gasteiger partial charge < -0.3 is 10.6 Å². The summed E-state index contributed by atoms with van der Waals surface area (Å²) in [7, 11) is 0. The van der Waals surface area contributed by atoms with E-state index in [1.165, 1.54) is 54.6 Å². The summed E-state index contributed by atoms with van der Waals surface area (Å²) in [6.07, 6.45) is -4.56. The molecule has 2 amide bonds. The third kappa shape index (κ3) is 5.39. The first-order valence-electron chi connectivity index (χ1n) is 10.1. The van der Waals surface area contributed by atoms with Crippen LogP contribution in [0.2, 0.25) is 5.02 Å². The Labute approximate surface area is 212 Å². The van der Waals surface area contributed by atoms with Crippen LogP contribution < -0.4 is 10.6 Å². The summed E-state index contributed by atoms with van der Waals surface area (Å²) in [6.45, 7) is 0. The summed E-state index contributed by atoms with van der Waals surface area (Å²) in [5.41, 5.74) is -0.137. The minimum Gasteiger partial charge on any atom is -0.326 e. The first kappa shape index (κ1) is 25.3. The Hall–Kier alpha value is -2.81. The molecule has 3 aromatic carbocycles. The van der Waals surface area contributed by atoms with Crippen molar-refractivity contribution in [2.75, 3.05) is 10.6 Å². The van der Waals surface area contributed by atoms with Crippen molar-refractivity contribution in [2.24, 2.45) is 5.92 Å². The zero-order chi connectivity index (χ0) is 25.5. The largest absolute Gasteiger partial charge is 0.416 e. The van der Waals surface area contributed by atoms with Gasteiger partial charge in [-0.15, -0.1) is 23.2 Å². The van der Waals surface area contributed by atoms with Crippen molar-refractivity contribution in [1.29, 1.82) is 0 Å². The van der Waals surface area contributed by atoms with Gasteiger partial charge in [-0.05, 0) is 54.1 Å². The third-order valence-corrected chi connectivity index (χ3v) is 6.76. The quantitative estimate of drug-likeness (QED) is 0.262. The highest BCUT2D eigenvalue weighted by molar-refractivity contribution is 6.53. The molecule has 182 valence electrons. The Morgan fingerprint density at radius 2 is 1.54 bits per heavy atom. The van der Waals surface area contributed by atoms with Crippen LogP contribution in [-0.4, -0.2) is 16.1 Å². The number of rotatable bonds is 5. The number of hydrogen-bond acceptors (Lipinski definition) is 2. The SMILES string of the molecule is O=C(Nc1ccc(F)cc1)c1cc(NC(=O)[C@@H]2[C@@H](c3cccc(C(F)(F)F)c3)C2(Cl)Cl)ccc1Cl. The minimum atomic E-state index is -4.56. The van der Waals surface area contributed by atoms with E-state index in [9.17, 15) is 27.2 Å². The lowest BCUT2D eigenvalue weighted by Crippen LogP contribution is -2.18. The number of benzene rings is 3. The molecule has 0 spiro atoms. The Kier molecular flexibility index (Phi) is 6.74. The summed E-state index contributed by atoms with van der Waals surface area (Å²) in [5.74, 6) is -3.59. The maximum atomic E-state index is 13.1. The predicted octanol–water partition coefficient (Wildman–Crippen LogP) is 7.28. The molecule has 0 aromatic heterocycles. The summed E-state index contributed by atoms with van der Waals surface area (Å²) in [5, 5.41) is 5.24. The molecule has 0 unspecified atom stereocenters. The molecule has 1 aliphatic rings. The zero-order valence-electron chi connectivity index (χ0n) is 17.5. The molecular formula is C24H15Cl3F4N2O2. The van der Waals surface area contributed by atoms with Crippen LogP contribution in [0.1, 0.15) is 27.4 Å². The van der Waals surface area contributed by atoms with Gasteiger partial charge in [0.05, 0.1) is 22.1 Å². The lowest BCUT2D eigenvalue weighted by molar-refractivity contribution is -0.137. The van der Waals surface area contributed by atoms with Crippen LogP contribution in [0.5, 0.6) is 0 Å². The van der Waals surface area contributed by atoms with Crippen LogP contribution in [-0.2, 0) is 11.0 Å². The zero-order valence-corrected chi connectivity index (χ0v) is 19.7. The van der Waals surface area contributed by atoms with E-state index in [-0.39, 0.29) is 21.8 Å². The molecule has 0 saturated heterocycles. The average Bonchev–Trinajstić information content (AvgIpc) is 3.38. The van der Waals surface area contributed by atoms with Gasteiger partial charge in [-0.1, -0.05) is 29.8 Å². The van der Waals surface area contributed by atoms with Crippen molar-refractivity contribution in [3.63, 3.8) is 0 Å². The highest BCUT2D eigenvalue weighted by atomic mass is 35.5. The monoisotopic (exact) mass is 544 g/mol. The molecule has 1 aliphatic carbocycles. The second-order valence-corrected chi connectivity index (χ2v) is 9.75. The molecule has 2 atom stereocenters. The topological polar surface area (TPSA) is 58.2 Å². The molecule has 4 nitrogen and oxygen atoms in total. The second-order valence-electron chi connectivity index (χ2n) is 7.90. The van der Waals surface area contributed by atoms with Crippen molar-refractivity contribution < 1.29 is 27.2 Å². The smallest absolute Gasteiger partial charge is 0.326 e. The first-order chi connectivity index (χ1) is 16.4. The van der Waals surface area contributed by atoms with Gasteiger partial charge in [0.25, 0.3) is 5.91 Å². The second kappa shape index (κ2) is 9.33. The number of halogens is 7. The lowest BCUT2D eigenvalue weighted by Gasteiger charge is -2.10. The molecule has 0 radical (unpaired) electrons. The van der Waals surface area contributed by atoms with E-state index in [0.717, 1.165) is 12.1 Å². The Morgan fingerprint density at radius 3 is 2.20 bits per heavy atom. The molecule has 1 saturated carbocycles. The Balaban J connectivity index is 1.50. The van der Waals surface area contributed by atoms with E-state index in [2.05, 4.69) is 10.6 Å². The van der Waals surface area contributed by atoms with E-state index in [4.69, 9.17) is 34.8 Å². The first-order valence-corrected chi connectivity index (χ1v) is 11.2. The summed E-state index contributed by atoms with van der Waals surface area (Å²) in [6, 6.07) is 13.7. The molecule has 0 aliphatic heterocycles. The fourth-order valence-electron chi connectivity index (χ4n) is 3.70. The van der Waals surface area contributed by atoms with Crippen molar-refractivity contribution in [3.05, 3.63) is 94.3 Å². The van der Waals surface area contributed by atoms with Crippen LogP contribution >= 0.6 is 34.8 Å². The molecule has 35 heavy (non-hydrogen) atoms.